The molecule has 0 saturated heterocycles. The molecule has 0 fully saturated rings. The van der Waals surface area contributed by atoms with Gasteiger partial charge in [-0.1, -0.05) is 167 Å². The summed E-state index contributed by atoms with van der Waals surface area (Å²) in [5.41, 5.74) is 14.8. The summed E-state index contributed by atoms with van der Waals surface area (Å²) in [6, 6.07) is 60.5. The number of nitrogens with zero attached hydrogens (tertiary/aromatic N) is 2. The van der Waals surface area contributed by atoms with Crippen molar-refractivity contribution in [2.45, 2.75) is 0 Å². The van der Waals surface area contributed by atoms with Crippen molar-refractivity contribution >= 4 is 137 Å². The second-order valence-corrected chi connectivity index (χ2v) is 16.0. The molecule has 0 N–H and O–H groups in total. The van der Waals surface area contributed by atoms with Crippen LogP contribution >= 0.6 is 0 Å². The monoisotopic (exact) mass is 782 g/mol. The average Bonchev–Trinajstić information content (AvgIpc) is 3.87. The highest BCUT2D eigenvalue weighted by Gasteiger charge is 2.25. The van der Waals surface area contributed by atoms with Gasteiger partial charge in [-0.15, -0.1) is 10.9 Å². The fraction of sp³-hybridized carbons (Fsp3) is 0. The Morgan fingerprint density at radius 2 is 0.810 bits per heavy atom. The fourth-order valence-corrected chi connectivity index (χ4v) is 9.57. The second kappa shape index (κ2) is 15.1. The van der Waals surface area contributed by atoms with E-state index < -0.39 is 0 Å². The molecule has 0 saturated carbocycles. The summed E-state index contributed by atoms with van der Waals surface area (Å²) in [5, 5.41) is 3.24. The van der Waals surface area contributed by atoms with Gasteiger partial charge in [0.15, 0.2) is 0 Å². The standard InChI is InChI=1S/C54H29B7N2/c55-46-42(47(56)51(60)53-44(46)45-48(57)49(58)50(59)52(61)54(45)62(53)35-26-23-31(24-27-35)30-13-4-1-5-14-30)34-25-28-40-38(29-34)43-37(33-17-8-3-9-18-33)20-12-22-41(43)63(40)39-21-11-10-19-36(39)32-15-6-2-7-16-32/h1-29H. The predicted molar refractivity (Wildman–Crippen MR) is 275 cm³/mol. The Kier molecular flexibility index (Phi) is 9.35. The summed E-state index contributed by atoms with van der Waals surface area (Å²) in [6.07, 6.45) is 0. The Hall–Kier alpha value is -6.97. The first-order valence-corrected chi connectivity index (χ1v) is 20.7. The predicted octanol–water partition coefficient (Wildman–Crippen LogP) is 6.11. The molecule has 9 aromatic carbocycles. The summed E-state index contributed by atoms with van der Waals surface area (Å²) >= 11 is 0. The van der Waals surface area contributed by atoms with Crippen LogP contribution in [0.25, 0.3) is 99.5 Å². The highest BCUT2D eigenvalue weighted by molar-refractivity contribution is 6.69. The van der Waals surface area contributed by atoms with Crippen LogP contribution in [-0.4, -0.2) is 64.1 Å². The van der Waals surface area contributed by atoms with Crippen molar-refractivity contribution < 1.29 is 0 Å². The molecule has 11 rings (SSSR count). The summed E-state index contributed by atoms with van der Waals surface area (Å²) in [6.45, 7) is 0. The smallest absolute Gasteiger partial charge is 0.115 e. The Bertz CT molecular complexity index is 3620. The van der Waals surface area contributed by atoms with E-state index in [0.717, 1.165) is 72.1 Å². The third-order valence-electron chi connectivity index (χ3n) is 12.5. The molecule has 0 aliphatic rings. The zero-order chi connectivity index (χ0) is 43.1. The van der Waals surface area contributed by atoms with Gasteiger partial charge >= 0.3 is 0 Å². The van der Waals surface area contributed by atoms with Gasteiger partial charge in [-0.05, 0) is 80.7 Å². The maximum atomic E-state index is 7.42. The molecular formula is C54H29B7N2. The third kappa shape index (κ3) is 5.97. The Balaban J connectivity index is 1.21. The van der Waals surface area contributed by atoms with Crippen LogP contribution in [0, 0.1) is 0 Å². The van der Waals surface area contributed by atoms with Crippen molar-refractivity contribution in [2.24, 2.45) is 0 Å². The molecule has 2 nitrogen and oxygen atoms in total. The molecule has 0 unspecified atom stereocenters. The van der Waals surface area contributed by atoms with E-state index in [-0.39, 0.29) is 21.9 Å². The van der Waals surface area contributed by atoms with Gasteiger partial charge in [0, 0.05) is 38.4 Å². The summed E-state index contributed by atoms with van der Waals surface area (Å²) in [7, 11) is 48.8. The van der Waals surface area contributed by atoms with Crippen LogP contribution in [0.5, 0.6) is 0 Å². The maximum absolute atomic E-state index is 7.42. The minimum Gasteiger partial charge on any atom is -0.311 e. The molecule has 2 heterocycles. The van der Waals surface area contributed by atoms with Gasteiger partial charge in [-0.2, -0.15) is 0 Å². The van der Waals surface area contributed by atoms with Crippen molar-refractivity contribution in [1.82, 2.24) is 9.13 Å². The summed E-state index contributed by atoms with van der Waals surface area (Å²) in [5.74, 6) is 0. The van der Waals surface area contributed by atoms with Gasteiger partial charge in [0.25, 0.3) is 0 Å². The second-order valence-electron chi connectivity index (χ2n) is 16.0. The van der Waals surface area contributed by atoms with Gasteiger partial charge in [-0.25, -0.2) is 0 Å². The first-order chi connectivity index (χ1) is 30.7. The molecule has 0 aliphatic heterocycles. The molecule has 0 bridgehead atoms. The molecular weight excluding hydrogens is 752 g/mol. The van der Waals surface area contributed by atoms with Crippen LogP contribution < -0.4 is 38.2 Å². The van der Waals surface area contributed by atoms with Crippen LogP contribution in [0.3, 0.4) is 0 Å². The van der Waals surface area contributed by atoms with E-state index >= 15 is 0 Å². The van der Waals surface area contributed by atoms with Crippen molar-refractivity contribution in [1.29, 1.82) is 0 Å². The molecule has 11 aromatic rings. The number of benzene rings is 9. The SMILES string of the molecule is [B]c1c([B])c([B])c2c(c1[B])c1c([B])c(-c3ccc4c(c3)c3c(-c5ccccc5)cccc3n4-c3ccccc3-c3ccccc3)c([B])c([B])c1n2-c1ccc(-c2ccccc2)cc1. The molecule has 276 valence electrons. The Labute approximate surface area is 375 Å². The van der Waals surface area contributed by atoms with E-state index in [1.165, 1.54) is 0 Å². The van der Waals surface area contributed by atoms with Crippen molar-refractivity contribution in [3.63, 3.8) is 0 Å². The highest BCUT2D eigenvalue weighted by Crippen LogP contribution is 2.42. The largest absolute Gasteiger partial charge is 0.311 e. The molecule has 0 atom stereocenters. The number of hydrogen-bond acceptors (Lipinski definition) is 0. The lowest BCUT2D eigenvalue weighted by Crippen LogP contribution is -2.48. The molecule has 0 aliphatic carbocycles. The van der Waals surface area contributed by atoms with E-state index in [1.54, 1.807) is 0 Å². The minimum atomic E-state index is 0.174. The first-order valence-electron chi connectivity index (χ1n) is 20.7. The lowest BCUT2D eigenvalue weighted by atomic mass is 9.64. The van der Waals surface area contributed by atoms with Gasteiger partial charge in [0.1, 0.15) is 54.9 Å². The molecule has 2 aromatic heterocycles. The Morgan fingerprint density at radius 3 is 1.48 bits per heavy atom. The zero-order valence-corrected chi connectivity index (χ0v) is 34.2. The van der Waals surface area contributed by atoms with Gasteiger partial charge in [-0.3, -0.25) is 0 Å². The van der Waals surface area contributed by atoms with Crippen LogP contribution in [0.15, 0.2) is 176 Å². The van der Waals surface area contributed by atoms with Gasteiger partial charge < -0.3 is 9.13 Å². The molecule has 14 radical (unpaired) electrons. The van der Waals surface area contributed by atoms with E-state index in [2.05, 4.69) is 126 Å². The van der Waals surface area contributed by atoms with Gasteiger partial charge in [0.2, 0.25) is 0 Å². The van der Waals surface area contributed by atoms with Crippen molar-refractivity contribution in [2.75, 3.05) is 0 Å². The molecule has 63 heavy (non-hydrogen) atoms. The normalized spacial score (nSPS) is 11.6. The molecule has 9 heteroatoms. The highest BCUT2D eigenvalue weighted by atomic mass is 15.0. The first kappa shape index (κ1) is 38.9. The number of aromatic nitrogens is 2. The van der Waals surface area contributed by atoms with Crippen LogP contribution in [0.1, 0.15) is 0 Å². The Morgan fingerprint density at radius 1 is 0.302 bits per heavy atom. The third-order valence-corrected chi connectivity index (χ3v) is 12.5. The van der Waals surface area contributed by atoms with Crippen LogP contribution in [-0.2, 0) is 0 Å². The molecule has 0 spiro atoms. The maximum Gasteiger partial charge on any atom is 0.115 e. The van der Waals surface area contributed by atoms with Gasteiger partial charge in [0.05, 0.1) is 16.7 Å². The van der Waals surface area contributed by atoms with E-state index in [0.29, 0.717) is 43.8 Å². The van der Waals surface area contributed by atoms with Crippen molar-refractivity contribution in [3.05, 3.63) is 176 Å². The van der Waals surface area contributed by atoms with Crippen molar-refractivity contribution in [3.8, 4) is 55.9 Å². The summed E-state index contributed by atoms with van der Waals surface area (Å²) in [4.78, 5) is 0. The van der Waals surface area contributed by atoms with Crippen LogP contribution in [0.4, 0.5) is 0 Å². The van der Waals surface area contributed by atoms with Crippen LogP contribution in [0.2, 0.25) is 0 Å². The summed E-state index contributed by atoms with van der Waals surface area (Å²) < 4.78 is 4.29. The van der Waals surface area contributed by atoms with E-state index in [9.17, 15) is 0 Å². The topological polar surface area (TPSA) is 9.86 Å². The molecule has 0 amide bonds. The lowest BCUT2D eigenvalue weighted by Gasteiger charge is -2.19. The van der Waals surface area contributed by atoms with E-state index in [4.69, 9.17) is 54.9 Å². The number of fused-ring (bicyclic) bond motifs is 6. The number of hydrogen-bond donors (Lipinski definition) is 0. The fourth-order valence-electron chi connectivity index (χ4n) is 9.57. The number of para-hydroxylation sites is 1. The minimum absolute atomic E-state index is 0.174. The average molecular weight is 782 g/mol. The zero-order valence-electron chi connectivity index (χ0n) is 34.2. The van der Waals surface area contributed by atoms with E-state index in [1.807, 2.05) is 59.2 Å². The lowest BCUT2D eigenvalue weighted by molar-refractivity contribution is 1.18. The quantitative estimate of drug-likeness (QED) is 0.181. The number of rotatable bonds is 6.